The van der Waals surface area contributed by atoms with Gasteiger partial charge >= 0.3 is 5.97 Å². The van der Waals surface area contributed by atoms with Gasteiger partial charge in [-0.05, 0) is 12.5 Å². The van der Waals surface area contributed by atoms with Gasteiger partial charge in [-0.2, -0.15) is 0 Å². The highest BCUT2D eigenvalue weighted by Crippen LogP contribution is 2.24. The fourth-order valence-electron chi connectivity index (χ4n) is 2.55. The van der Waals surface area contributed by atoms with Gasteiger partial charge in [0.05, 0.1) is 23.3 Å². The fraction of sp³-hybridized carbons (Fsp3) is 0.150. The van der Waals surface area contributed by atoms with Crippen LogP contribution in [-0.2, 0) is 4.74 Å². The highest BCUT2D eigenvalue weighted by molar-refractivity contribution is 6.18. The number of para-hydroxylation sites is 1. The van der Waals surface area contributed by atoms with Crippen molar-refractivity contribution in [2.75, 3.05) is 6.61 Å². The third kappa shape index (κ3) is 3.04. The molecule has 3 rings (SSSR count). The Labute approximate surface area is 140 Å². The molecule has 0 saturated heterocycles. The summed E-state index contributed by atoms with van der Waals surface area (Å²) in [6.45, 7) is 2.24. The number of ether oxygens (including phenoxy) is 1. The number of esters is 1. The van der Waals surface area contributed by atoms with Crippen molar-refractivity contribution in [2.45, 2.75) is 13.3 Å². The lowest BCUT2D eigenvalue weighted by atomic mass is 9.97. The lowest BCUT2D eigenvalue weighted by molar-refractivity contribution is 0.0504. The number of rotatable bonds is 5. The first kappa shape index (κ1) is 15.9. The molecule has 1 aromatic heterocycles. The minimum atomic E-state index is -0.491. The molecule has 4 heteroatoms. The Morgan fingerprint density at radius 3 is 2.46 bits per heavy atom. The summed E-state index contributed by atoms with van der Waals surface area (Å²) in [5.41, 5.74) is 1.72. The molecule has 0 aliphatic rings. The van der Waals surface area contributed by atoms with Crippen LogP contribution in [0.15, 0.2) is 60.8 Å². The molecule has 0 unspecified atom stereocenters. The first-order valence-corrected chi connectivity index (χ1v) is 7.87. The van der Waals surface area contributed by atoms with Gasteiger partial charge in [0.1, 0.15) is 0 Å². The van der Waals surface area contributed by atoms with Crippen LogP contribution < -0.4 is 0 Å². The number of aromatic nitrogens is 1. The molecule has 1 heterocycles. The Morgan fingerprint density at radius 1 is 1.00 bits per heavy atom. The van der Waals surface area contributed by atoms with E-state index in [0.717, 1.165) is 6.42 Å². The maximum absolute atomic E-state index is 12.8. The molecule has 120 valence electrons. The Hall–Kier alpha value is -3.01. The molecule has 0 spiro atoms. The molecule has 4 nitrogen and oxygen atoms in total. The van der Waals surface area contributed by atoms with E-state index >= 15 is 0 Å². The van der Waals surface area contributed by atoms with Crippen molar-refractivity contribution in [3.8, 4) is 0 Å². The summed E-state index contributed by atoms with van der Waals surface area (Å²) in [5.74, 6) is -0.730. The van der Waals surface area contributed by atoms with Crippen molar-refractivity contribution < 1.29 is 14.3 Å². The van der Waals surface area contributed by atoms with Crippen molar-refractivity contribution in [1.82, 2.24) is 4.98 Å². The molecule has 0 aliphatic carbocycles. The predicted octanol–water partition coefficient (Wildman–Crippen LogP) is 4.03. The summed E-state index contributed by atoms with van der Waals surface area (Å²) >= 11 is 0. The van der Waals surface area contributed by atoms with E-state index in [1.165, 1.54) is 6.20 Å². The number of hydrogen-bond donors (Lipinski definition) is 0. The van der Waals surface area contributed by atoms with Crippen LogP contribution in [0.1, 0.15) is 39.6 Å². The SMILES string of the molecule is CCCOC(=O)c1c(C(=O)c2ccccc2)cnc2ccccc12. The maximum atomic E-state index is 12.8. The molecule has 0 N–H and O–H groups in total. The first-order chi connectivity index (χ1) is 11.7. The zero-order valence-corrected chi connectivity index (χ0v) is 13.4. The fourth-order valence-corrected chi connectivity index (χ4v) is 2.55. The van der Waals surface area contributed by atoms with Gasteiger partial charge in [-0.25, -0.2) is 4.79 Å². The monoisotopic (exact) mass is 319 g/mol. The van der Waals surface area contributed by atoms with Crippen molar-refractivity contribution in [3.63, 3.8) is 0 Å². The van der Waals surface area contributed by atoms with E-state index in [-0.39, 0.29) is 16.9 Å². The minimum Gasteiger partial charge on any atom is -0.462 e. The molecule has 24 heavy (non-hydrogen) atoms. The van der Waals surface area contributed by atoms with Crippen molar-refractivity contribution in [3.05, 3.63) is 77.5 Å². The van der Waals surface area contributed by atoms with E-state index in [9.17, 15) is 9.59 Å². The number of carbonyl (C=O) groups is 2. The third-order valence-corrected chi connectivity index (χ3v) is 3.70. The molecule has 0 aliphatic heterocycles. The number of nitrogens with zero attached hydrogens (tertiary/aromatic N) is 1. The summed E-state index contributed by atoms with van der Waals surface area (Å²) in [4.78, 5) is 29.7. The number of ketones is 1. The molecule has 0 saturated carbocycles. The second-order valence-corrected chi connectivity index (χ2v) is 5.40. The molecule has 3 aromatic rings. The quantitative estimate of drug-likeness (QED) is 0.526. The highest BCUT2D eigenvalue weighted by atomic mass is 16.5. The second kappa shape index (κ2) is 7.04. The van der Waals surface area contributed by atoms with E-state index in [0.29, 0.717) is 23.1 Å². The van der Waals surface area contributed by atoms with Gasteiger partial charge < -0.3 is 4.74 Å². The second-order valence-electron chi connectivity index (χ2n) is 5.40. The predicted molar refractivity (Wildman–Crippen MR) is 92.2 cm³/mol. The van der Waals surface area contributed by atoms with Crippen LogP contribution in [0.5, 0.6) is 0 Å². The third-order valence-electron chi connectivity index (χ3n) is 3.70. The van der Waals surface area contributed by atoms with Crippen LogP contribution in [0.25, 0.3) is 10.9 Å². The number of carbonyl (C=O) groups excluding carboxylic acids is 2. The van der Waals surface area contributed by atoms with Gasteiger partial charge in [-0.3, -0.25) is 9.78 Å². The Bertz CT molecular complexity index is 888. The van der Waals surface area contributed by atoms with Gasteiger partial charge in [0.25, 0.3) is 0 Å². The van der Waals surface area contributed by atoms with Crippen molar-refractivity contribution in [1.29, 1.82) is 0 Å². The van der Waals surface area contributed by atoms with Crippen molar-refractivity contribution >= 4 is 22.7 Å². The largest absolute Gasteiger partial charge is 0.462 e. The van der Waals surface area contributed by atoms with Crippen molar-refractivity contribution in [2.24, 2.45) is 0 Å². The highest BCUT2D eigenvalue weighted by Gasteiger charge is 2.22. The molecule has 0 radical (unpaired) electrons. The average molecular weight is 319 g/mol. The Balaban J connectivity index is 2.16. The summed E-state index contributed by atoms with van der Waals surface area (Å²) in [7, 11) is 0. The number of hydrogen-bond acceptors (Lipinski definition) is 4. The standard InChI is InChI=1S/C20H17NO3/c1-2-12-24-20(23)18-15-10-6-7-11-17(15)21-13-16(18)19(22)14-8-4-3-5-9-14/h3-11,13H,2,12H2,1H3. The minimum absolute atomic E-state index is 0.239. The van der Waals surface area contributed by atoms with E-state index in [1.807, 2.05) is 31.2 Å². The zero-order chi connectivity index (χ0) is 16.9. The summed E-state index contributed by atoms with van der Waals surface area (Å²) in [6.07, 6.45) is 2.18. The zero-order valence-electron chi connectivity index (χ0n) is 13.4. The Morgan fingerprint density at radius 2 is 1.71 bits per heavy atom. The Kier molecular flexibility index (Phi) is 4.66. The van der Waals surface area contributed by atoms with Gasteiger partial charge in [-0.1, -0.05) is 55.5 Å². The maximum Gasteiger partial charge on any atom is 0.339 e. The van der Waals surface area contributed by atoms with E-state index in [1.54, 1.807) is 30.3 Å². The van der Waals surface area contributed by atoms with Crippen LogP contribution in [0.4, 0.5) is 0 Å². The first-order valence-electron chi connectivity index (χ1n) is 7.87. The van der Waals surface area contributed by atoms with Crippen LogP contribution >= 0.6 is 0 Å². The molecule has 0 amide bonds. The molecule has 0 bridgehead atoms. The van der Waals surface area contributed by atoms with Crippen LogP contribution in [-0.4, -0.2) is 23.3 Å². The topological polar surface area (TPSA) is 56.3 Å². The smallest absolute Gasteiger partial charge is 0.339 e. The van der Waals surface area contributed by atoms with E-state index < -0.39 is 5.97 Å². The van der Waals surface area contributed by atoms with Crippen LogP contribution in [0, 0.1) is 0 Å². The van der Waals surface area contributed by atoms with Crippen LogP contribution in [0.2, 0.25) is 0 Å². The molecule has 2 aromatic carbocycles. The summed E-state index contributed by atoms with van der Waals surface area (Å²) in [5, 5.41) is 0.625. The van der Waals surface area contributed by atoms with Crippen LogP contribution in [0.3, 0.4) is 0 Å². The van der Waals surface area contributed by atoms with E-state index in [2.05, 4.69) is 4.98 Å². The van der Waals surface area contributed by atoms with Gasteiger partial charge in [-0.15, -0.1) is 0 Å². The van der Waals surface area contributed by atoms with Gasteiger partial charge in [0.2, 0.25) is 0 Å². The van der Waals surface area contributed by atoms with E-state index in [4.69, 9.17) is 4.74 Å². The lowest BCUT2D eigenvalue weighted by Crippen LogP contribution is -2.14. The number of fused-ring (bicyclic) bond motifs is 1. The molecule has 0 fully saturated rings. The molecular weight excluding hydrogens is 302 g/mol. The summed E-state index contributed by atoms with van der Waals surface area (Å²) < 4.78 is 5.29. The number of benzene rings is 2. The lowest BCUT2D eigenvalue weighted by Gasteiger charge is -2.11. The molecular formula is C20H17NO3. The molecule has 0 atom stereocenters. The van der Waals surface area contributed by atoms with Gasteiger partial charge in [0, 0.05) is 17.1 Å². The normalized spacial score (nSPS) is 10.5. The number of pyridine rings is 1. The summed E-state index contributed by atoms with van der Waals surface area (Å²) in [6, 6.07) is 16.1. The van der Waals surface area contributed by atoms with Gasteiger partial charge in [0.15, 0.2) is 5.78 Å². The average Bonchev–Trinajstić information content (AvgIpc) is 2.65.